The van der Waals surface area contributed by atoms with Gasteiger partial charge in [-0.3, -0.25) is 14.8 Å². The molecule has 1 saturated heterocycles. The first-order valence-corrected chi connectivity index (χ1v) is 7.97. The van der Waals surface area contributed by atoms with E-state index in [1.165, 1.54) is 6.42 Å². The fraction of sp³-hybridized carbons (Fsp3) is 0.588. The van der Waals surface area contributed by atoms with Crippen LogP contribution in [0.5, 0.6) is 0 Å². The molecule has 2 N–H and O–H groups in total. The van der Waals surface area contributed by atoms with E-state index in [0.717, 1.165) is 25.1 Å². The van der Waals surface area contributed by atoms with Crippen molar-refractivity contribution in [2.75, 3.05) is 6.54 Å². The van der Waals surface area contributed by atoms with E-state index in [-0.39, 0.29) is 16.7 Å². The fourth-order valence-electron chi connectivity index (χ4n) is 5.47. The van der Waals surface area contributed by atoms with E-state index in [9.17, 15) is 4.79 Å². The van der Waals surface area contributed by atoms with Gasteiger partial charge in [-0.05, 0) is 42.7 Å². The summed E-state index contributed by atoms with van der Waals surface area (Å²) in [6.07, 6.45) is 6.60. The second-order valence-electron chi connectivity index (χ2n) is 7.47. The minimum Gasteiger partial charge on any atom is -0.368 e. The van der Waals surface area contributed by atoms with E-state index in [2.05, 4.69) is 23.9 Å². The molecule has 1 amide bonds. The molecule has 3 aliphatic rings. The van der Waals surface area contributed by atoms with Crippen molar-refractivity contribution in [3.63, 3.8) is 0 Å². The third kappa shape index (κ3) is 1.33. The maximum Gasteiger partial charge on any atom is 0.245 e. The summed E-state index contributed by atoms with van der Waals surface area (Å²) in [6, 6.07) is 5.71. The molecule has 2 aliphatic carbocycles. The van der Waals surface area contributed by atoms with Crippen LogP contribution in [-0.4, -0.2) is 34.2 Å². The molecule has 0 spiro atoms. The maximum atomic E-state index is 12.4. The number of carbonyl (C=O) groups is 1. The molecule has 2 saturated carbocycles. The third-order valence-corrected chi connectivity index (χ3v) is 6.95. The highest BCUT2D eigenvalue weighted by Gasteiger charge is 2.80. The average molecular weight is 298 g/mol. The number of piperidine rings is 1. The zero-order valence-electron chi connectivity index (χ0n) is 13.1. The SMILES string of the molecule is CC12CN(/N=C/c3ccccn3)C3(C(N)=O)CC1CCC23C. The molecule has 5 heteroatoms. The second kappa shape index (κ2) is 4.09. The van der Waals surface area contributed by atoms with Crippen LogP contribution >= 0.6 is 0 Å². The third-order valence-electron chi connectivity index (χ3n) is 6.95. The minimum atomic E-state index is -0.629. The van der Waals surface area contributed by atoms with Gasteiger partial charge in [-0.15, -0.1) is 0 Å². The van der Waals surface area contributed by atoms with Gasteiger partial charge in [0.05, 0.1) is 11.9 Å². The van der Waals surface area contributed by atoms with Crippen LogP contribution in [0.15, 0.2) is 29.5 Å². The quantitative estimate of drug-likeness (QED) is 0.865. The summed E-state index contributed by atoms with van der Waals surface area (Å²) in [6.45, 7) is 5.35. The van der Waals surface area contributed by atoms with E-state index < -0.39 is 5.54 Å². The monoisotopic (exact) mass is 298 g/mol. The van der Waals surface area contributed by atoms with Gasteiger partial charge in [0.2, 0.25) is 5.91 Å². The van der Waals surface area contributed by atoms with E-state index >= 15 is 0 Å². The highest BCUT2D eigenvalue weighted by molar-refractivity contribution is 5.88. The molecule has 3 fully saturated rings. The molecule has 116 valence electrons. The van der Waals surface area contributed by atoms with Crippen LogP contribution in [0.25, 0.3) is 0 Å². The van der Waals surface area contributed by atoms with Gasteiger partial charge in [0.25, 0.3) is 0 Å². The average Bonchev–Trinajstić information content (AvgIpc) is 2.95. The number of hydrogen-bond donors (Lipinski definition) is 1. The number of nitrogens with zero attached hydrogens (tertiary/aromatic N) is 3. The Labute approximate surface area is 130 Å². The van der Waals surface area contributed by atoms with Crippen LogP contribution in [0, 0.1) is 16.7 Å². The van der Waals surface area contributed by atoms with Crippen LogP contribution in [0.3, 0.4) is 0 Å². The maximum absolute atomic E-state index is 12.4. The van der Waals surface area contributed by atoms with E-state index in [1.807, 2.05) is 23.2 Å². The first kappa shape index (κ1) is 13.7. The predicted octanol–water partition coefficient (Wildman–Crippen LogP) is 1.78. The molecule has 4 unspecified atom stereocenters. The second-order valence-corrected chi connectivity index (χ2v) is 7.47. The molecule has 4 bridgehead atoms. The summed E-state index contributed by atoms with van der Waals surface area (Å²) in [4.78, 5) is 16.7. The molecule has 4 atom stereocenters. The zero-order chi connectivity index (χ0) is 15.6. The van der Waals surface area contributed by atoms with E-state index in [1.54, 1.807) is 12.4 Å². The molecular formula is C17H22N4O. The van der Waals surface area contributed by atoms with Crippen LogP contribution < -0.4 is 5.73 Å². The van der Waals surface area contributed by atoms with Gasteiger partial charge in [0, 0.05) is 18.2 Å². The van der Waals surface area contributed by atoms with Gasteiger partial charge < -0.3 is 5.73 Å². The summed E-state index contributed by atoms with van der Waals surface area (Å²) in [7, 11) is 0. The summed E-state index contributed by atoms with van der Waals surface area (Å²) in [5, 5.41) is 6.58. The van der Waals surface area contributed by atoms with Crippen molar-refractivity contribution in [3.05, 3.63) is 30.1 Å². The summed E-state index contributed by atoms with van der Waals surface area (Å²) in [5.41, 5.74) is 6.11. The Kier molecular flexibility index (Phi) is 2.55. The molecular weight excluding hydrogens is 276 g/mol. The van der Waals surface area contributed by atoms with Gasteiger partial charge in [0.1, 0.15) is 5.54 Å². The first-order chi connectivity index (χ1) is 10.4. The van der Waals surface area contributed by atoms with Gasteiger partial charge in [-0.2, -0.15) is 5.10 Å². The minimum absolute atomic E-state index is 0.0715. The Morgan fingerprint density at radius 3 is 2.95 bits per heavy atom. The molecule has 0 aromatic carbocycles. The highest BCUT2D eigenvalue weighted by Crippen LogP contribution is 2.75. The Bertz CT molecular complexity index is 660. The number of pyridine rings is 1. The van der Waals surface area contributed by atoms with Crippen LogP contribution in [0.2, 0.25) is 0 Å². The summed E-state index contributed by atoms with van der Waals surface area (Å²) >= 11 is 0. The number of hydrazone groups is 1. The number of amides is 1. The van der Waals surface area contributed by atoms with Crippen LogP contribution in [-0.2, 0) is 4.79 Å². The molecule has 1 aromatic heterocycles. The van der Waals surface area contributed by atoms with Crippen molar-refractivity contribution < 1.29 is 4.79 Å². The van der Waals surface area contributed by atoms with Gasteiger partial charge in [-0.1, -0.05) is 19.9 Å². The predicted molar refractivity (Wildman–Crippen MR) is 84.0 cm³/mol. The molecule has 1 aliphatic heterocycles. The van der Waals surface area contributed by atoms with Crippen molar-refractivity contribution in [2.45, 2.75) is 38.6 Å². The van der Waals surface area contributed by atoms with Crippen molar-refractivity contribution in [1.29, 1.82) is 0 Å². The zero-order valence-corrected chi connectivity index (χ0v) is 13.1. The number of carbonyl (C=O) groups excluding carboxylic acids is 1. The van der Waals surface area contributed by atoms with Crippen LogP contribution in [0.1, 0.15) is 38.8 Å². The van der Waals surface area contributed by atoms with E-state index in [4.69, 9.17) is 5.73 Å². The standard InChI is InChI=1S/C17H22N4O/c1-15-11-21(20-10-13-5-3-4-8-19-13)17(14(18)22)9-12(15)6-7-16(15,17)2/h3-5,8,10,12H,6-7,9,11H2,1-2H3,(H2,18,22)/b20-10+. The lowest BCUT2D eigenvalue weighted by molar-refractivity contribution is -0.135. The Hall–Kier alpha value is -1.91. The number of hydrogen-bond acceptors (Lipinski definition) is 4. The topological polar surface area (TPSA) is 71.6 Å². The molecule has 22 heavy (non-hydrogen) atoms. The number of aromatic nitrogens is 1. The van der Waals surface area contributed by atoms with Gasteiger partial charge >= 0.3 is 0 Å². The smallest absolute Gasteiger partial charge is 0.245 e. The lowest BCUT2D eigenvalue weighted by atomic mass is 9.65. The fourth-order valence-corrected chi connectivity index (χ4v) is 5.47. The summed E-state index contributed by atoms with van der Waals surface area (Å²) in [5.74, 6) is 0.366. The van der Waals surface area contributed by atoms with Gasteiger partial charge in [-0.25, -0.2) is 0 Å². The van der Waals surface area contributed by atoms with Crippen molar-refractivity contribution in [1.82, 2.24) is 9.99 Å². The van der Waals surface area contributed by atoms with Crippen molar-refractivity contribution >= 4 is 12.1 Å². The number of rotatable bonds is 3. The summed E-state index contributed by atoms with van der Waals surface area (Å²) < 4.78 is 0. The molecule has 2 heterocycles. The van der Waals surface area contributed by atoms with Crippen molar-refractivity contribution in [2.24, 2.45) is 27.6 Å². The molecule has 0 radical (unpaired) electrons. The lowest BCUT2D eigenvalue weighted by Crippen LogP contribution is -2.60. The van der Waals surface area contributed by atoms with Crippen molar-refractivity contribution in [3.8, 4) is 0 Å². The van der Waals surface area contributed by atoms with Crippen LogP contribution in [0.4, 0.5) is 0 Å². The van der Waals surface area contributed by atoms with E-state index in [0.29, 0.717) is 5.92 Å². The molecule has 5 nitrogen and oxygen atoms in total. The largest absolute Gasteiger partial charge is 0.368 e. The van der Waals surface area contributed by atoms with Gasteiger partial charge in [0.15, 0.2) is 0 Å². The normalized spacial score (nSPS) is 42.5. The number of primary amides is 1. The first-order valence-electron chi connectivity index (χ1n) is 7.97. The molecule has 4 rings (SSSR count). The Balaban J connectivity index is 1.74. The Morgan fingerprint density at radius 1 is 1.50 bits per heavy atom. The molecule has 1 aromatic rings. The highest BCUT2D eigenvalue weighted by atomic mass is 16.2. The lowest BCUT2D eigenvalue weighted by Gasteiger charge is -2.44. The number of nitrogens with two attached hydrogens (primary N) is 1. The Morgan fingerprint density at radius 2 is 2.32 bits per heavy atom.